The first-order valence-corrected chi connectivity index (χ1v) is 7.82. The van der Waals surface area contributed by atoms with Gasteiger partial charge in [-0.2, -0.15) is 0 Å². The molecule has 0 aromatic rings. The quantitative estimate of drug-likeness (QED) is 0.460. The summed E-state index contributed by atoms with van der Waals surface area (Å²) in [7, 11) is 0. The smallest absolute Gasteiger partial charge is 0.668 e. The summed E-state index contributed by atoms with van der Waals surface area (Å²) in [5.74, 6) is 0. The maximum Gasteiger partial charge on any atom is 4.00 e. The van der Waals surface area contributed by atoms with Gasteiger partial charge in [0.05, 0.1) is 0 Å². The fourth-order valence-corrected chi connectivity index (χ4v) is 1.73. The minimum atomic E-state index is -0.0648. The molecular weight excluding hydrogens is 344 g/mol. The molecule has 128 valence electrons. The van der Waals surface area contributed by atoms with Crippen molar-refractivity contribution in [3.05, 3.63) is 120 Å². The van der Waals surface area contributed by atoms with Gasteiger partial charge in [0.1, 0.15) is 0 Å². The van der Waals surface area contributed by atoms with Crippen molar-refractivity contribution in [1.82, 2.24) is 0 Å². The van der Waals surface area contributed by atoms with Crippen LogP contribution in [0.2, 0.25) is 0 Å². The Balaban J connectivity index is 0.000000303. The Morgan fingerprint density at radius 1 is 0.320 bits per heavy atom. The summed E-state index contributed by atoms with van der Waals surface area (Å²) < 4.78 is 0. The Morgan fingerprint density at radius 2 is 0.440 bits per heavy atom. The summed E-state index contributed by atoms with van der Waals surface area (Å²) in [4.78, 5) is 0. The van der Waals surface area contributed by atoms with Crippen LogP contribution in [0.5, 0.6) is 0 Å². The summed E-state index contributed by atoms with van der Waals surface area (Å²) in [6.07, 6.45) is 29.8. The van der Waals surface area contributed by atoms with Crippen molar-refractivity contribution in [2.24, 2.45) is 0 Å². The second kappa shape index (κ2) is 14.8. The molecule has 4 rings (SSSR count). The van der Waals surface area contributed by atoms with Crippen LogP contribution in [0.1, 0.15) is 0 Å². The maximum atomic E-state index is 6.96. The van der Waals surface area contributed by atoms with Gasteiger partial charge in [0.15, 0.2) is 0 Å². The maximum absolute atomic E-state index is 6.96. The molecule has 4 N–H and O–H groups in total. The van der Waals surface area contributed by atoms with E-state index in [1.165, 1.54) is 0 Å². The van der Waals surface area contributed by atoms with E-state index in [1.54, 1.807) is 0 Å². The molecule has 0 aromatic heterocycles. The molecule has 0 amide bonds. The summed E-state index contributed by atoms with van der Waals surface area (Å²) in [6, 6.07) is -0.259. The van der Waals surface area contributed by atoms with E-state index < -0.39 is 0 Å². The van der Waals surface area contributed by atoms with E-state index in [4.69, 9.17) is 22.9 Å². The zero-order valence-corrected chi connectivity index (χ0v) is 15.6. The standard InChI is InChI=1S/4C5H6N.Ti/c4*6-5-3-1-2-4-5;/h4*1-6H;/q4*-1;+4. The number of allylic oxidation sites excluding steroid dienone is 8. The third-order valence-electron chi connectivity index (χ3n) is 2.99. The van der Waals surface area contributed by atoms with Crippen LogP contribution in [-0.2, 0) is 21.7 Å². The average Bonchev–Trinajstić information content (AvgIpc) is 3.31. The molecule has 4 nitrogen and oxygen atoms in total. The predicted molar refractivity (Wildman–Crippen MR) is 106 cm³/mol. The summed E-state index contributed by atoms with van der Waals surface area (Å²) in [6.45, 7) is 0. The number of hydrogen-bond donors (Lipinski definition) is 0. The molecule has 4 aliphatic carbocycles. The molecule has 0 heterocycles. The van der Waals surface area contributed by atoms with Gasteiger partial charge in [0.2, 0.25) is 0 Å². The number of hydrogen-bond acceptors (Lipinski definition) is 0. The fraction of sp³-hybridized carbons (Fsp3) is 0.200. The van der Waals surface area contributed by atoms with E-state index in [0.29, 0.717) is 0 Å². The topological polar surface area (TPSA) is 95.2 Å². The van der Waals surface area contributed by atoms with Crippen molar-refractivity contribution >= 4 is 0 Å². The molecule has 0 radical (unpaired) electrons. The molecule has 0 aromatic carbocycles. The van der Waals surface area contributed by atoms with E-state index in [9.17, 15) is 0 Å². The van der Waals surface area contributed by atoms with Crippen LogP contribution in [0.15, 0.2) is 97.2 Å². The van der Waals surface area contributed by atoms with Gasteiger partial charge in [-0.05, 0) is 0 Å². The van der Waals surface area contributed by atoms with E-state index in [0.717, 1.165) is 0 Å². The van der Waals surface area contributed by atoms with Crippen molar-refractivity contribution in [1.29, 1.82) is 0 Å². The Hall–Kier alpha value is -1.53. The zero-order valence-electron chi connectivity index (χ0n) is 14.0. The van der Waals surface area contributed by atoms with Crippen LogP contribution in [0.25, 0.3) is 22.9 Å². The van der Waals surface area contributed by atoms with Crippen LogP contribution in [0, 0.1) is 0 Å². The van der Waals surface area contributed by atoms with E-state index in [1.807, 2.05) is 97.2 Å². The molecule has 0 bridgehead atoms. The molecule has 25 heavy (non-hydrogen) atoms. The molecule has 4 aliphatic rings. The first-order chi connectivity index (χ1) is 11.6. The monoisotopic (exact) mass is 368 g/mol. The molecule has 0 spiro atoms. The summed E-state index contributed by atoms with van der Waals surface area (Å²) in [5, 5.41) is 0. The number of rotatable bonds is 0. The van der Waals surface area contributed by atoms with Gasteiger partial charge < -0.3 is 22.9 Å². The van der Waals surface area contributed by atoms with Gasteiger partial charge in [0, 0.05) is 0 Å². The molecule has 0 atom stereocenters. The molecule has 0 unspecified atom stereocenters. The predicted octanol–water partition coefficient (Wildman–Crippen LogP) is 6.13. The van der Waals surface area contributed by atoms with Gasteiger partial charge in [0.25, 0.3) is 0 Å². The number of nitrogens with one attached hydrogen (secondary N) is 4. The van der Waals surface area contributed by atoms with Crippen LogP contribution in [-0.4, -0.2) is 24.2 Å². The van der Waals surface area contributed by atoms with E-state index in [2.05, 4.69) is 0 Å². The van der Waals surface area contributed by atoms with Gasteiger partial charge >= 0.3 is 21.7 Å². The second-order valence-corrected chi connectivity index (χ2v) is 5.18. The van der Waals surface area contributed by atoms with Crippen molar-refractivity contribution in [3.8, 4) is 0 Å². The fourth-order valence-electron chi connectivity index (χ4n) is 1.73. The van der Waals surface area contributed by atoms with Crippen molar-refractivity contribution in [3.63, 3.8) is 0 Å². The molecule has 0 saturated carbocycles. The van der Waals surface area contributed by atoms with Gasteiger partial charge in [-0.1, -0.05) is 121 Å². The molecule has 5 heteroatoms. The minimum absolute atomic E-state index is 0. The first kappa shape index (κ1) is 23.5. The zero-order chi connectivity index (χ0) is 17.6. The minimum Gasteiger partial charge on any atom is -0.668 e. The second-order valence-electron chi connectivity index (χ2n) is 5.18. The summed E-state index contributed by atoms with van der Waals surface area (Å²) >= 11 is 0. The average molecular weight is 368 g/mol. The largest absolute Gasteiger partial charge is 4.00 e. The molecule has 0 saturated heterocycles. The van der Waals surface area contributed by atoms with Crippen molar-refractivity contribution in [2.75, 3.05) is 0 Å². The van der Waals surface area contributed by atoms with Crippen LogP contribution in [0.4, 0.5) is 0 Å². The Labute approximate surface area is 166 Å². The molecular formula is C20H24N4Ti. The normalized spacial score (nSPS) is 19.4. The van der Waals surface area contributed by atoms with Crippen LogP contribution in [0.3, 0.4) is 0 Å². The van der Waals surface area contributed by atoms with Gasteiger partial charge in [-0.25, -0.2) is 0 Å². The summed E-state index contributed by atoms with van der Waals surface area (Å²) in [5.41, 5.74) is 27.8. The molecule has 0 fully saturated rings. The van der Waals surface area contributed by atoms with Crippen LogP contribution < -0.4 is 0 Å². The van der Waals surface area contributed by atoms with Gasteiger partial charge in [-0.3, -0.25) is 0 Å². The Kier molecular flexibility index (Phi) is 13.9. The van der Waals surface area contributed by atoms with E-state index >= 15 is 0 Å². The molecule has 0 aliphatic heterocycles. The first-order valence-electron chi connectivity index (χ1n) is 7.82. The Morgan fingerprint density at radius 3 is 0.480 bits per heavy atom. The third kappa shape index (κ3) is 13.4. The van der Waals surface area contributed by atoms with E-state index in [-0.39, 0.29) is 45.9 Å². The van der Waals surface area contributed by atoms with Crippen molar-refractivity contribution < 1.29 is 21.7 Å². The SMILES string of the molecule is [NH-]C1C=CC=C1.[NH-]C1C=CC=C1.[NH-]C1C=CC=C1.[NH-]C1C=CC=C1.[Ti+4]. The van der Waals surface area contributed by atoms with Crippen molar-refractivity contribution in [2.45, 2.75) is 24.2 Å². The Bertz CT molecular complexity index is 431. The van der Waals surface area contributed by atoms with Crippen LogP contribution >= 0.6 is 0 Å². The van der Waals surface area contributed by atoms with Gasteiger partial charge in [-0.15, -0.1) is 0 Å². The third-order valence-corrected chi connectivity index (χ3v) is 2.99.